The number of ether oxygens (including phenoxy) is 3. The van der Waals surface area contributed by atoms with E-state index in [4.69, 9.17) is 9.47 Å². The molecule has 1 N–H and O–H groups in total. The van der Waals surface area contributed by atoms with E-state index in [9.17, 15) is 18.4 Å². The summed E-state index contributed by atoms with van der Waals surface area (Å²) in [5.74, 6) is -0.960. The van der Waals surface area contributed by atoms with Gasteiger partial charge in [-0.05, 0) is 48.7 Å². The van der Waals surface area contributed by atoms with Crippen LogP contribution in [0.3, 0.4) is 0 Å². The number of amides is 1. The fourth-order valence-electron chi connectivity index (χ4n) is 2.09. The molecule has 2 rings (SSSR count). The Bertz CT molecular complexity index is 799. The second-order valence-corrected chi connectivity index (χ2v) is 5.97. The van der Waals surface area contributed by atoms with Crippen LogP contribution in [0.1, 0.15) is 10.4 Å². The van der Waals surface area contributed by atoms with E-state index in [1.165, 1.54) is 43.1 Å². The molecule has 0 fully saturated rings. The third-order valence-corrected chi connectivity index (χ3v) is 4.05. The minimum atomic E-state index is -2.92. The SMILES string of the molecule is COc1cc(SC)ccc1C(=O)OCC(=O)Nc1ccc(OC(F)F)cc1. The Balaban J connectivity index is 1.90. The Hall–Kier alpha value is -2.81. The zero-order valence-corrected chi connectivity index (χ0v) is 15.3. The average Bonchev–Trinajstić information content (AvgIpc) is 2.66. The largest absolute Gasteiger partial charge is 0.496 e. The van der Waals surface area contributed by atoms with Crippen molar-refractivity contribution in [3.63, 3.8) is 0 Å². The lowest BCUT2D eigenvalue weighted by Gasteiger charge is -2.10. The summed E-state index contributed by atoms with van der Waals surface area (Å²) < 4.78 is 38.6. The highest BCUT2D eigenvalue weighted by Crippen LogP contribution is 2.26. The molecule has 0 aliphatic heterocycles. The van der Waals surface area contributed by atoms with Crippen molar-refractivity contribution in [1.29, 1.82) is 0 Å². The minimum absolute atomic E-state index is 0.0322. The lowest BCUT2D eigenvalue weighted by molar-refractivity contribution is -0.119. The number of hydrogen-bond donors (Lipinski definition) is 1. The predicted octanol–water partition coefficient (Wildman–Crippen LogP) is 3.81. The number of hydrogen-bond acceptors (Lipinski definition) is 6. The van der Waals surface area contributed by atoms with Gasteiger partial charge in [0.25, 0.3) is 5.91 Å². The van der Waals surface area contributed by atoms with Crippen LogP contribution >= 0.6 is 11.8 Å². The molecular formula is C18H17F2NO5S. The van der Waals surface area contributed by atoms with Crippen LogP contribution in [0.5, 0.6) is 11.5 Å². The molecule has 1 amide bonds. The highest BCUT2D eigenvalue weighted by molar-refractivity contribution is 7.98. The Morgan fingerprint density at radius 3 is 2.44 bits per heavy atom. The smallest absolute Gasteiger partial charge is 0.387 e. The van der Waals surface area contributed by atoms with Crippen molar-refractivity contribution < 1.29 is 32.6 Å². The lowest BCUT2D eigenvalue weighted by atomic mass is 10.2. The monoisotopic (exact) mass is 397 g/mol. The number of methoxy groups -OCH3 is 1. The van der Waals surface area contributed by atoms with Crippen molar-refractivity contribution >= 4 is 29.3 Å². The first-order valence-electron chi connectivity index (χ1n) is 7.67. The first kappa shape index (κ1) is 20.5. The third-order valence-electron chi connectivity index (χ3n) is 3.33. The highest BCUT2D eigenvalue weighted by atomic mass is 32.2. The van der Waals surface area contributed by atoms with Gasteiger partial charge in [-0.3, -0.25) is 4.79 Å². The number of benzene rings is 2. The number of carbonyl (C=O) groups excluding carboxylic acids is 2. The van der Waals surface area contributed by atoms with E-state index in [2.05, 4.69) is 10.1 Å². The number of rotatable bonds is 8. The molecule has 144 valence electrons. The second kappa shape index (κ2) is 9.77. The van der Waals surface area contributed by atoms with Gasteiger partial charge in [-0.25, -0.2) is 4.79 Å². The van der Waals surface area contributed by atoms with Gasteiger partial charge in [0.05, 0.1) is 7.11 Å². The highest BCUT2D eigenvalue weighted by Gasteiger charge is 2.16. The molecule has 0 unspecified atom stereocenters. The molecule has 9 heteroatoms. The van der Waals surface area contributed by atoms with Crippen LogP contribution in [0, 0.1) is 0 Å². The number of anilines is 1. The van der Waals surface area contributed by atoms with Crippen LogP contribution in [-0.4, -0.2) is 38.5 Å². The van der Waals surface area contributed by atoms with Crippen molar-refractivity contribution in [3.05, 3.63) is 48.0 Å². The van der Waals surface area contributed by atoms with Crippen molar-refractivity contribution in [3.8, 4) is 11.5 Å². The molecule has 0 saturated carbocycles. The molecular weight excluding hydrogens is 380 g/mol. The van der Waals surface area contributed by atoms with Gasteiger partial charge in [0, 0.05) is 10.6 Å². The number of alkyl halides is 2. The van der Waals surface area contributed by atoms with Gasteiger partial charge in [0.1, 0.15) is 17.1 Å². The summed E-state index contributed by atoms with van der Waals surface area (Å²) in [6.07, 6.45) is 1.89. The number of halogens is 2. The van der Waals surface area contributed by atoms with Crippen LogP contribution in [-0.2, 0) is 9.53 Å². The van der Waals surface area contributed by atoms with E-state index in [0.29, 0.717) is 11.4 Å². The Morgan fingerprint density at radius 1 is 1.15 bits per heavy atom. The second-order valence-electron chi connectivity index (χ2n) is 5.09. The van der Waals surface area contributed by atoms with E-state index in [1.54, 1.807) is 18.2 Å². The van der Waals surface area contributed by atoms with E-state index in [0.717, 1.165) is 4.90 Å². The summed E-state index contributed by atoms with van der Waals surface area (Å²) in [5, 5.41) is 2.48. The van der Waals surface area contributed by atoms with Gasteiger partial charge in [-0.1, -0.05) is 0 Å². The normalized spacial score (nSPS) is 10.4. The zero-order valence-electron chi connectivity index (χ0n) is 14.5. The van der Waals surface area contributed by atoms with Crippen molar-refractivity contribution in [2.75, 3.05) is 25.3 Å². The van der Waals surface area contributed by atoms with Crippen LogP contribution in [0.15, 0.2) is 47.4 Å². The maximum Gasteiger partial charge on any atom is 0.387 e. The molecule has 0 atom stereocenters. The van der Waals surface area contributed by atoms with E-state index >= 15 is 0 Å². The van der Waals surface area contributed by atoms with Crippen molar-refractivity contribution in [1.82, 2.24) is 0 Å². The topological polar surface area (TPSA) is 73.9 Å². The maximum absolute atomic E-state index is 12.2. The van der Waals surface area contributed by atoms with E-state index in [1.807, 2.05) is 6.26 Å². The van der Waals surface area contributed by atoms with Crippen LogP contribution in [0.4, 0.5) is 14.5 Å². The van der Waals surface area contributed by atoms with E-state index < -0.39 is 25.1 Å². The van der Waals surface area contributed by atoms with Crippen LogP contribution < -0.4 is 14.8 Å². The molecule has 0 aromatic heterocycles. The molecule has 27 heavy (non-hydrogen) atoms. The number of thioether (sulfide) groups is 1. The van der Waals surface area contributed by atoms with Gasteiger partial charge < -0.3 is 19.5 Å². The van der Waals surface area contributed by atoms with Gasteiger partial charge in [0.2, 0.25) is 0 Å². The maximum atomic E-state index is 12.2. The number of esters is 1. The molecule has 0 radical (unpaired) electrons. The van der Waals surface area contributed by atoms with E-state index in [-0.39, 0.29) is 11.3 Å². The third kappa shape index (κ3) is 6.14. The van der Waals surface area contributed by atoms with Crippen LogP contribution in [0.2, 0.25) is 0 Å². The standard InChI is InChI=1S/C18H17F2NO5S/c1-24-15-9-13(27-2)7-8-14(15)17(23)25-10-16(22)21-11-3-5-12(6-4-11)26-18(19)20/h3-9,18H,10H2,1-2H3,(H,21,22). The first-order chi connectivity index (χ1) is 12.9. The predicted molar refractivity (Wildman–Crippen MR) is 96.8 cm³/mol. The summed E-state index contributed by atoms with van der Waals surface area (Å²) in [7, 11) is 1.43. The molecule has 0 aliphatic carbocycles. The summed E-state index contributed by atoms with van der Waals surface area (Å²) in [5.41, 5.74) is 0.552. The van der Waals surface area contributed by atoms with Gasteiger partial charge in [-0.2, -0.15) is 8.78 Å². The van der Waals surface area contributed by atoms with Gasteiger partial charge >= 0.3 is 12.6 Å². The minimum Gasteiger partial charge on any atom is -0.496 e. The van der Waals surface area contributed by atoms with Gasteiger partial charge in [0.15, 0.2) is 6.61 Å². The summed E-state index contributed by atoms with van der Waals surface area (Å²) in [4.78, 5) is 25.0. The molecule has 0 spiro atoms. The average molecular weight is 397 g/mol. The molecule has 0 bridgehead atoms. The molecule has 0 saturated heterocycles. The quantitative estimate of drug-likeness (QED) is 0.539. The fraction of sp³-hybridized carbons (Fsp3) is 0.222. The molecule has 2 aromatic carbocycles. The Labute approximate surface area is 158 Å². The number of nitrogens with one attached hydrogen (secondary N) is 1. The molecule has 2 aromatic rings. The summed E-state index contributed by atoms with van der Waals surface area (Å²) in [6.45, 7) is -3.44. The van der Waals surface area contributed by atoms with Crippen molar-refractivity contribution in [2.45, 2.75) is 11.5 Å². The molecule has 6 nitrogen and oxygen atoms in total. The number of carbonyl (C=O) groups is 2. The Morgan fingerprint density at radius 2 is 1.85 bits per heavy atom. The summed E-state index contributed by atoms with van der Waals surface area (Å²) in [6, 6.07) is 10.4. The van der Waals surface area contributed by atoms with Crippen LogP contribution in [0.25, 0.3) is 0 Å². The Kier molecular flexibility index (Phi) is 7.42. The lowest BCUT2D eigenvalue weighted by Crippen LogP contribution is -2.21. The zero-order chi connectivity index (χ0) is 19.8. The van der Waals surface area contributed by atoms with Crippen molar-refractivity contribution in [2.24, 2.45) is 0 Å². The molecule has 0 aliphatic rings. The summed E-state index contributed by atoms with van der Waals surface area (Å²) >= 11 is 1.50. The first-order valence-corrected chi connectivity index (χ1v) is 8.89. The van der Waals surface area contributed by atoms with Gasteiger partial charge in [-0.15, -0.1) is 11.8 Å². The fourth-order valence-corrected chi connectivity index (χ4v) is 2.52. The molecule has 0 heterocycles.